The van der Waals surface area contributed by atoms with Gasteiger partial charge in [0.05, 0.1) is 12.5 Å². The smallest absolute Gasteiger partial charge is 0.227 e. The summed E-state index contributed by atoms with van der Waals surface area (Å²) in [5.41, 5.74) is 1.81. The molecule has 0 aliphatic carbocycles. The van der Waals surface area contributed by atoms with E-state index in [2.05, 4.69) is 4.98 Å². The molecular formula is C21H18Cl2N2O. The number of likely N-dealkylation sites (tertiary alicyclic amines) is 1. The second-order valence-corrected chi connectivity index (χ2v) is 7.39. The molecule has 4 rings (SSSR count). The van der Waals surface area contributed by atoms with Crippen molar-refractivity contribution in [3.8, 4) is 0 Å². The van der Waals surface area contributed by atoms with Crippen LogP contribution in [0, 0.1) is 0 Å². The average Bonchev–Trinajstić information content (AvgIpc) is 3.11. The van der Waals surface area contributed by atoms with Crippen molar-refractivity contribution in [2.45, 2.75) is 25.3 Å². The first kappa shape index (κ1) is 17.3. The summed E-state index contributed by atoms with van der Waals surface area (Å²) in [5, 5.41) is 3.36. The normalized spacial score (nSPS) is 17.0. The van der Waals surface area contributed by atoms with Gasteiger partial charge in [0.25, 0.3) is 0 Å². The summed E-state index contributed by atoms with van der Waals surface area (Å²) in [6, 6.07) is 13.4. The van der Waals surface area contributed by atoms with Gasteiger partial charge in [-0.15, -0.1) is 0 Å². The number of hydrogen-bond donors (Lipinski definition) is 0. The number of benzene rings is 2. The maximum absolute atomic E-state index is 13.1. The van der Waals surface area contributed by atoms with Crippen LogP contribution in [0.2, 0.25) is 10.0 Å². The molecule has 1 aliphatic rings. The molecule has 26 heavy (non-hydrogen) atoms. The molecule has 1 unspecified atom stereocenters. The van der Waals surface area contributed by atoms with Crippen molar-refractivity contribution in [1.82, 2.24) is 9.88 Å². The maximum Gasteiger partial charge on any atom is 0.227 e. The fourth-order valence-corrected chi connectivity index (χ4v) is 4.43. The molecular weight excluding hydrogens is 367 g/mol. The molecule has 3 nitrogen and oxygen atoms in total. The van der Waals surface area contributed by atoms with Crippen LogP contribution in [0.15, 0.2) is 54.9 Å². The predicted molar refractivity (Wildman–Crippen MR) is 106 cm³/mol. The summed E-state index contributed by atoms with van der Waals surface area (Å²) in [5.74, 6) is 0.0849. The Balaban J connectivity index is 1.63. The Hall–Kier alpha value is -2.10. The van der Waals surface area contributed by atoms with Gasteiger partial charge in [-0.2, -0.15) is 0 Å². The van der Waals surface area contributed by atoms with Crippen LogP contribution in [0.5, 0.6) is 0 Å². The Bertz CT molecular complexity index is 948. The molecule has 0 radical (unpaired) electrons. The third-order valence-electron chi connectivity index (χ3n) is 5.00. The highest BCUT2D eigenvalue weighted by Crippen LogP contribution is 2.40. The standard InChI is InChI=1S/C21H18Cl2N2O/c22-17-7-3-8-18(23)21(17)19-9-4-10-25(19)20(26)11-15-13-24-12-14-5-1-2-6-16(14)15/h1-3,5-8,12-13,19H,4,9-11H2. The largest absolute Gasteiger partial charge is 0.335 e. The number of carbonyl (C=O) groups is 1. The summed E-state index contributed by atoms with van der Waals surface area (Å²) >= 11 is 12.8. The Morgan fingerprint density at radius 1 is 1.08 bits per heavy atom. The number of rotatable bonds is 3. The first-order chi connectivity index (χ1) is 12.6. The van der Waals surface area contributed by atoms with Crippen molar-refractivity contribution >= 4 is 39.9 Å². The summed E-state index contributed by atoms with van der Waals surface area (Å²) < 4.78 is 0. The van der Waals surface area contributed by atoms with Crippen molar-refractivity contribution in [2.24, 2.45) is 0 Å². The van der Waals surface area contributed by atoms with Gasteiger partial charge in [0.15, 0.2) is 0 Å². The zero-order valence-electron chi connectivity index (χ0n) is 14.2. The van der Waals surface area contributed by atoms with Crippen LogP contribution in [0.1, 0.15) is 30.0 Å². The molecule has 1 fully saturated rings. The Morgan fingerprint density at radius 3 is 2.65 bits per heavy atom. The zero-order chi connectivity index (χ0) is 18.1. The molecule has 0 saturated carbocycles. The summed E-state index contributed by atoms with van der Waals surface area (Å²) in [6.07, 6.45) is 5.76. The minimum atomic E-state index is -0.0633. The number of fused-ring (bicyclic) bond motifs is 1. The fourth-order valence-electron chi connectivity index (χ4n) is 3.78. The lowest BCUT2D eigenvalue weighted by Gasteiger charge is -2.27. The lowest BCUT2D eigenvalue weighted by Crippen LogP contribution is -2.32. The number of aromatic nitrogens is 1. The molecule has 2 aromatic carbocycles. The van der Waals surface area contributed by atoms with E-state index in [-0.39, 0.29) is 11.9 Å². The highest BCUT2D eigenvalue weighted by Gasteiger charge is 2.32. The summed E-state index contributed by atoms with van der Waals surface area (Å²) in [4.78, 5) is 19.3. The molecule has 3 aromatic rings. The van der Waals surface area contributed by atoms with E-state index in [1.54, 1.807) is 6.20 Å². The molecule has 0 bridgehead atoms. The van der Waals surface area contributed by atoms with E-state index in [9.17, 15) is 4.79 Å². The minimum Gasteiger partial charge on any atom is -0.335 e. The molecule has 1 atom stereocenters. The van der Waals surface area contributed by atoms with Crippen molar-refractivity contribution in [3.63, 3.8) is 0 Å². The molecule has 1 saturated heterocycles. The molecule has 132 valence electrons. The second kappa shape index (κ2) is 7.26. The van der Waals surface area contributed by atoms with Crippen LogP contribution >= 0.6 is 23.2 Å². The highest BCUT2D eigenvalue weighted by molar-refractivity contribution is 6.36. The first-order valence-corrected chi connectivity index (χ1v) is 9.46. The number of halogens is 2. The number of amides is 1. The van der Waals surface area contributed by atoms with Gasteiger partial charge in [-0.25, -0.2) is 0 Å². The van der Waals surface area contributed by atoms with E-state index >= 15 is 0 Å². The van der Waals surface area contributed by atoms with Crippen molar-refractivity contribution in [3.05, 3.63) is 76.0 Å². The molecule has 0 N–H and O–H groups in total. The molecule has 1 amide bonds. The van der Waals surface area contributed by atoms with Gasteiger partial charge < -0.3 is 4.90 Å². The molecule has 1 aliphatic heterocycles. The van der Waals surface area contributed by atoms with Crippen LogP contribution in [-0.2, 0) is 11.2 Å². The van der Waals surface area contributed by atoms with Gasteiger partial charge in [-0.05, 0) is 35.9 Å². The van der Waals surface area contributed by atoms with Crippen LogP contribution < -0.4 is 0 Å². The Kier molecular flexibility index (Phi) is 4.84. The van der Waals surface area contributed by atoms with Gasteiger partial charge in [-0.1, -0.05) is 53.5 Å². The van der Waals surface area contributed by atoms with Gasteiger partial charge in [-0.3, -0.25) is 9.78 Å². The SMILES string of the molecule is O=C(Cc1cncc2ccccc12)N1CCCC1c1c(Cl)cccc1Cl. The minimum absolute atomic E-state index is 0.0633. The predicted octanol–water partition coefficient (Wildman–Crippen LogP) is 5.45. The molecule has 2 heterocycles. The van der Waals surface area contributed by atoms with E-state index in [0.717, 1.165) is 41.3 Å². The Labute approximate surface area is 162 Å². The topological polar surface area (TPSA) is 33.2 Å². The fraction of sp³-hybridized carbons (Fsp3) is 0.238. The number of hydrogen-bond acceptors (Lipinski definition) is 2. The van der Waals surface area contributed by atoms with Gasteiger partial charge in [0.2, 0.25) is 5.91 Å². The third kappa shape index (κ3) is 3.17. The van der Waals surface area contributed by atoms with E-state index in [0.29, 0.717) is 16.5 Å². The lowest BCUT2D eigenvalue weighted by molar-refractivity contribution is -0.131. The van der Waals surface area contributed by atoms with Gasteiger partial charge in [0, 0.05) is 39.9 Å². The maximum atomic E-state index is 13.1. The van der Waals surface area contributed by atoms with Gasteiger partial charge >= 0.3 is 0 Å². The molecule has 0 spiro atoms. The van der Waals surface area contributed by atoms with Crippen LogP contribution in [0.4, 0.5) is 0 Å². The van der Waals surface area contributed by atoms with Crippen LogP contribution in [0.3, 0.4) is 0 Å². The monoisotopic (exact) mass is 384 g/mol. The van der Waals surface area contributed by atoms with E-state index < -0.39 is 0 Å². The second-order valence-electron chi connectivity index (χ2n) is 6.58. The highest BCUT2D eigenvalue weighted by atomic mass is 35.5. The van der Waals surface area contributed by atoms with Crippen LogP contribution in [0.25, 0.3) is 10.8 Å². The Morgan fingerprint density at radius 2 is 1.85 bits per heavy atom. The zero-order valence-corrected chi connectivity index (χ0v) is 15.7. The average molecular weight is 385 g/mol. The van der Waals surface area contributed by atoms with E-state index in [1.807, 2.05) is 53.6 Å². The third-order valence-corrected chi connectivity index (χ3v) is 5.66. The molecule has 5 heteroatoms. The van der Waals surface area contributed by atoms with Crippen molar-refractivity contribution in [2.75, 3.05) is 6.54 Å². The molecule has 1 aromatic heterocycles. The van der Waals surface area contributed by atoms with E-state index in [1.165, 1.54) is 0 Å². The summed E-state index contributed by atoms with van der Waals surface area (Å²) in [6.45, 7) is 0.725. The lowest BCUT2D eigenvalue weighted by atomic mass is 10.0. The first-order valence-electron chi connectivity index (χ1n) is 8.70. The van der Waals surface area contributed by atoms with Gasteiger partial charge in [0.1, 0.15) is 0 Å². The van der Waals surface area contributed by atoms with E-state index in [4.69, 9.17) is 23.2 Å². The summed E-state index contributed by atoms with van der Waals surface area (Å²) in [7, 11) is 0. The van der Waals surface area contributed by atoms with Crippen LogP contribution in [-0.4, -0.2) is 22.3 Å². The number of carbonyl (C=O) groups excluding carboxylic acids is 1. The van der Waals surface area contributed by atoms with Crippen molar-refractivity contribution in [1.29, 1.82) is 0 Å². The number of pyridine rings is 1. The number of nitrogens with zero attached hydrogens (tertiary/aromatic N) is 2. The quantitative estimate of drug-likeness (QED) is 0.601. The van der Waals surface area contributed by atoms with Crippen molar-refractivity contribution < 1.29 is 4.79 Å².